The summed E-state index contributed by atoms with van der Waals surface area (Å²) in [5.41, 5.74) is -0.0855. The number of rotatable bonds is 7. The highest BCUT2D eigenvalue weighted by Gasteiger charge is 2.33. The van der Waals surface area contributed by atoms with Crippen molar-refractivity contribution < 1.29 is 18.7 Å². The molecule has 0 unspecified atom stereocenters. The van der Waals surface area contributed by atoms with Gasteiger partial charge in [0.1, 0.15) is 30.9 Å². The van der Waals surface area contributed by atoms with E-state index in [1.54, 1.807) is 29.1 Å². The summed E-state index contributed by atoms with van der Waals surface area (Å²) in [5, 5.41) is 0. The molecule has 30 heavy (non-hydrogen) atoms. The van der Waals surface area contributed by atoms with Crippen LogP contribution in [-0.2, 0) is 16.1 Å². The van der Waals surface area contributed by atoms with Crippen molar-refractivity contribution in [3.05, 3.63) is 53.0 Å². The number of benzene rings is 1. The molecule has 0 spiro atoms. The molecule has 1 N–H and O–H groups in total. The van der Waals surface area contributed by atoms with E-state index in [2.05, 4.69) is 9.88 Å². The molecule has 9 heteroatoms. The van der Waals surface area contributed by atoms with Crippen molar-refractivity contribution in [2.24, 2.45) is 0 Å². The number of nitrogens with one attached hydrogen (secondary N) is 1. The Balaban J connectivity index is 1.24. The molecule has 2 aromatic rings. The lowest BCUT2D eigenvalue weighted by molar-refractivity contribution is -0.155. The second kappa shape index (κ2) is 9.44. The topological polar surface area (TPSA) is 79.8 Å². The summed E-state index contributed by atoms with van der Waals surface area (Å²) < 4.78 is 26.0. The molecule has 1 amide bonds. The molecular weight excluding hydrogens is 391 g/mol. The molecule has 2 fully saturated rings. The number of hydrogen-bond acceptors (Lipinski definition) is 5. The van der Waals surface area contributed by atoms with Crippen LogP contribution in [0.2, 0.25) is 0 Å². The van der Waals surface area contributed by atoms with E-state index >= 15 is 0 Å². The minimum atomic E-state index is -0.306. The van der Waals surface area contributed by atoms with Crippen molar-refractivity contribution >= 4 is 5.91 Å². The highest BCUT2D eigenvalue weighted by Crippen LogP contribution is 2.21. The van der Waals surface area contributed by atoms with Crippen molar-refractivity contribution in [1.82, 2.24) is 19.4 Å². The van der Waals surface area contributed by atoms with Crippen LogP contribution in [0.5, 0.6) is 5.75 Å². The molecule has 1 atom stereocenters. The number of aromatic nitrogens is 2. The molecule has 3 heterocycles. The van der Waals surface area contributed by atoms with E-state index in [-0.39, 0.29) is 36.2 Å². The summed E-state index contributed by atoms with van der Waals surface area (Å²) in [6.07, 6.45) is 5.01. The number of morpholine rings is 1. The summed E-state index contributed by atoms with van der Waals surface area (Å²) in [5.74, 6) is 0.295. The van der Waals surface area contributed by atoms with Crippen LogP contribution in [0, 0.1) is 5.82 Å². The third-order valence-electron chi connectivity index (χ3n) is 5.79. The van der Waals surface area contributed by atoms with E-state index in [9.17, 15) is 14.0 Å². The first-order chi connectivity index (χ1) is 14.6. The van der Waals surface area contributed by atoms with Gasteiger partial charge in [-0.05, 0) is 37.1 Å². The minimum Gasteiger partial charge on any atom is -0.491 e. The number of carbonyl (C=O) groups excluding carboxylic acids is 1. The Morgan fingerprint density at radius 2 is 1.90 bits per heavy atom. The maximum atomic E-state index is 13.0. The second-order valence-corrected chi connectivity index (χ2v) is 7.78. The first kappa shape index (κ1) is 20.6. The largest absolute Gasteiger partial charge is 0.491 e. The number of nitrogens with zero attached hydrogens (tertiary/aromatic N) is 3. The highest BCUT2D eigenvalue weighted by molar-refractivity contribution is 5.78. The van der Waals surface area contributed by atoms with Gasteiger partial charge >= 0.3 is 5.69 Å². The molecule has 0 aliphatic carbocycles. The molecule has 0 bridgehead atoms. The molecule has 162 valence electrons. The Bertz CT molecular complexity index is 889. The van der Waals surface area contributed by atoms with E-state index < -0.39 is 0 Å². The number of ether oxygens (including phenoxy) is 2. The second-order valence-electron chi connectivity index (χ2n) is 7.78. The van der Waals surface area contributed by atoms with Crippen molar-refractivity contribution in [2.45, 2.75) is 31.5 Å². The number of imidazole rings is 1. The molecule has 1 aromatic carbocycles. The van der Waals surface area contributed by atoms with Gasteiger partial charge in [0.05, 0.1) is 6.54 Å². The lowest BCUT2D eigenvalue weighted by Gasteiger charge is -2.42. The summed E-state index contributed by atoms with van der Waals surface area (Å²) in [4.78, 5) is 30.9. The number of H-pyrrole nitrogens is 1. The molecular formula is C21H27FN4O4. The minimum absolute atomic E-state index is 0.0188. The van der Waals surface area contributed by atoms with Crippen LogP contribution in [0.1, 0.15) is 12.8 Å². The van der Waals surface area contributed by atoms with Crippen molar-refractivity contribution in [1.29, 1.82) is 0 Å². The Labute approximate surface area is 174 Å². The van der Waals surface area contributed by atoms with Crippen molar-refractivity contribution in [2.75, 3.05) is 39.4 Å². The van der Waals surface area contributed by atoms with Crippen LogP contribution < -0.4 is 10.4 Å². The Hall–Kier alpha value is -2.65. The van der Waals surface area contributed by atoms with E-state index in [4.69, 9.17) is 9.47 Å². The molecule has 2 saturated heterocycles. The highest BCUT2D eigenvalue weighted by atomic mass is 19.1. The average molecular weight is 418 g/mol. The Kier molecular flexibility index (Phi) is 6.49. The van der Waals surface area contributed by atoms with Gasteiger partial charge in [-0.3, -0.25) is 9.36 Å². The van der Waals surface area contributed by atoms with Gasteiger partial charge in [-0.2, -0.15) is 0 Å². The number of hydrogen-bond donors (Lipinski definition) is 1. The molecule has 4 rings (SSSR count). The molecule has 1 aromatic heterocycles. The van der Waals surface area contributed by atoms with Gasteiger partial charge in [-0.15, -0.1) is 0 Å². The number of amides is 1. The fraction of sp³-hybridized carbons (Fsp3) is 0.524. The molecule has 2 aliphatic heterocycles. The van der Waals surface area contributed by atoms with Crippen LogP contribution >= 0.6 is 0 Å². The normalized spacial score (nSPS) is 21.2. The standard InChI is InChI=1S/C21H27FN4O4/c22-16-1-3-18(4-2-16)29-14-19-13-26(20(27)15-30-19)17-5-8-24(9-6-17)11-12-25-10-7-23-21(25)28/h1-4,7,10,17,19H,5-6,8-9,11-15H2,(H,23,28)/t19-/m0/s1. The van der Waals surface area contributed by atoms with Crippen molar-refractivity contribution in [3.8, 4) is 5.75 Å². The van der Waals surface area contributed by atoms with Gasteiger partial charge < -0.3 is 24.3 Å². The molecule has 2 aliphatic rings. The van der Waals surface area contributed by atoms with Crippen molar-refractivity contribution in [3.63, 3.8) is 0 Å². The third kappa shape index (κ3) is 5.09. The number of aromatic amines is 1. The van der Waals surface area contributed by atoms with Gasteiger partial charge in [-0.25, -0.2) is 9.18 Å². The summed E-state index contributed by atoms with van der Waals surface area (Å²) in [7, 11) is 0. The van der Waals surface area contributed by atoms with E-state index in [0.29, 0.717) is 25.4 Å². The van der Waals surface area contributed by atoms with Crippen LogP contribution in [-0.4, -0.2) is 76.8 Å². The smallest absolute Gasteiger partial charge is 0.325 e. The molecule has 0 saturated carbocycles. The van der Waals surface area contributed by atoms with Crippen LogP contribution in [0.3, 0.4) is 0 Å². The predicted molar refractivity (Wildman–Crippen MR) is 108 cm³/mol. The van der Waals surface area contributed by atoms with Gasteiger partial charge in [0.2, 0.25) is 5.91 Å². The SMILES string of the molecule is O=C1CO[C@H](COc2ccc(F)cc2)CN1C1CCN(CCn2cc[nH]c2=O)CC1. The number of carbonyl (C=O) groups is 1. The zero-order valence-corrected chi connectivity index (χ0v) is 16.8. The van der Waals surface area contributed by atoms with Gasteiger partial charge in [0, 0.05) is 44.6 Å². The molecule has 0 radical (unpaired) electrons. The third-order valence-corrected chi connectivity index (χ3v) is 5.79. The van der Waals surface area contributed by atoms with E-state index in [1.165, 1.54) is 12.1 Å². The fourth-order valence-corrected chi connectivity index (χ4v) is 4.05. The first-order valence-corrected chi connectivity index (χ1v) is 10.3. The number of likely N-dealkylation sites (tertiary alicyclic amines) is 1. The monoisotopic (exact) mass is 418 g/mol. The zero-order chi connectivity index (χ0) is 20.9. The van der Waals surface area contributed by atoms with Crippen LogP contribution in [0.25, 0.3) is 0 Å². The van der Waals surface area contributed by atoms with Gasteiger partial charge in [0.15, 0.2) is 0 Å². The quantitative estimate of drug-likeness (QED) is 0.728. The fourth-order valence-electron chi connectivity index (χ4n) is 4.05. The predicted octanol–water partition coefficient (Wildman–Crippen LogP) is 1.09. The Morgan fingerprint density at radius 3 is 2.60 bits per heavy atom. The van der Waals surface area contributed by atoms with E-state index in [1.807, 2.05) is 4.90 Å². The summed E-state index contributed by atoms with van der Waals surface area (Å²) in [6.45, 7) is 4.15. The molecule has 8 nitrogen and oxygen atoms in total. The Morgan fingerprint density at radius 1 is 1.13 bits per heavy atom. The van der Waals surface area contributed by atoms with Crippen LogP contribution in [0.4, 0.5) is 4.39 Å². The van der Waals surface area contributed by atoms with Crippen LogP contribution in [0.15, 0.2) is 41.5 Å². The summed E-state index contributed by atoms with van der Waals surface area (Å²) >= 11 is 0. The maximum Gasteiger partial charge on any atom is 0.325 e. The number of halogens is 1. The lowest BCUT2D eigenvalue weighted by atomic mass is 10.0. The van der Waals surface area contributed by atoms with E-state index in [0.717, 1.165) is 32.5 Å². The lowest BCUT2D eigenvalue weighted by Crippen LogP contribution is -2.55. The van der Waals surface area contributed by atoms with Gasteiger partial charge in [0.25, 0.3) is 0 Å². The maximum absolute atomic E-state index is 13.0. The zero-order valence-electron chi connectivity index (χ0n) is 16.8. The summed E-state index contributed by atoms with van der Waals surface area (Å²) in [6, 6.07) is 6.07. The number of piperidine rings is 1. The first-order valence-electron chi connectivity index (χ1n) is 10.3. The average Bonchev–Trinajstić information content (AvgIpc) is 3.18. The van der Waals surface area contributed by atoms with Gasteiger partial charge in [-0.1, -0.05) is 0 Å².